The monoisotopic (exact) mass is 297 g/mol. The summed E-state index contributed by atoms with van der Waals surface area (Å²) in [6.07, 6.45) is 5.61. The molecular formula is C11H18Cl3N3. The summed E-state index contributed by atoms with van der Waals surface area (Å²) >= 11 is 5.78. The van der Waals surface area contributed by atoms with Gasteiger partial charge in [0.15, 0.2) is 0 Å². The third kappa shape index (κ3) is 4.27. The number of hydrazine groups is 1. The number of nitrogens with zero attached hydrogens (tertiary/aromatic N) is 2. The highest BCUT2D eigenvalue weighted by Crippen LogP contribution is 2.28. The highest BCUT2D eigenvalue weighted by Gasteiger charge is 2.22. The van der Waals surface area contributed by atoms with Crippen molar-refractivity contribution >= 4 is 36.4 Å². The van der Waals surface area contributed by atoms with Gasteiger partial charge in [0.25, 0.3) is 0 Å². The molecule has 0 radical (unpaired) electrons. The van der Waals surface area contributed by atoms with Crippen LogP contribution in [0.2, 0.25) is 5.15 Å². The fraction of sp³-hybridized carbons (Fsp3) is 0.545. The molecule has 1 aliphatic rings. The Morgan fingerprint density at radius 1 is 1.35 bits per heavy atom. The van der Waals surface area contributed by atoms with Crippen LogP contribution in [0.25, 0.3) is 0 Å². The molecule has 17 heavy (non-hydrogen) atoms. The Morgan fingerprint density at radius 3 is 2.71 bits per heavy atom. The molecule has 1 aromatic heterocycles. The molecule has 2 heterocycles. The minimum atomic E-state index is 0. The van der Waals surface area contributed by atoms with E-state index in [0.29, 0.717) is 11.2 Å². The number of hydrogen-bond donors (Lipinski definition) is 1. The maximum absolute atomic E-state index is 5.78. The van der Waals surface area contributed by atoms with E-state index in [1.807, 2.05) is 19.3 Å². The second-order valence-corrected chi connectivity index (χ2v) is 4.23. The molecule has 0 aliphatic carbocycles. The van der Waals surface area contributed by atoms with Crippen LogP contribution < -0.4 is 5.43 Å². The van der Waals surface area contributed by atoms with Crippen LogP contribution >= 0.6 is 36.4 Å². The van der Waals surface area contributed by atoms with E-state index in [-0.39, 0.29) is 24.8 Å². The van der Waals surface area contributed by atoms with Gasteiger partial charge < -0.3 is 0 Å². The van der Waals surface area contributed by atoms with E-state index in [2.05, 4.69) is 21.5 Å². The molecule has 2 rings (SSSR count). The minimum absolute atomic E-state index is 0. The predicted octanol–water partition coefficient (Wildman–Crippen LogP) is 3.24. The van der Waals surface area contributed by atoms with Gasteiger partial charge in [-0.15, -0.1) is 24.8 Å². The standard InChI is InChI=1S/C11H16ClN3.2ClH/c1-13-15-7-3-2-4-10(15)9-5-6-11(12)14-8-9;;/h5-6,8,10,13H,2-4,7H2,1H3;2*1H. The third-order valence-electron chi connectivity index (χ3n) is 2.93. The first-order valence-electron chi connectivity index (χ1n) is 5.37. The van der Waals surface area contributed by atoms with Crippen molar-refractivity contribution < 1.29 is 0 Å². The molecule has 1 fully saturated rings. The van der Waals surface area contributed by atoms with Gasteiger partial charge in [-0.25, -0.2) is 9.99 Å². The van der Waals surface area contributed by atoms with Gasteiger partial charge in [-0.1, -0.05) is 24.1 Å². The first-order chi connectivity index (χ1) is 7.31. The zero-order chi connectivity index (χ0) is 10.7. The molecular weight excluding hydrogens is 281 g/mol. The summed E-state index contributed by atoms with van der Waals surface area (Å²) in [5, 5.41) is 2.83. The number of halogens is 3. The van der Waals surface area contributed by atoms with Crippen molar-refractivity contribution in [3.8, 4) is 0 Å². The van der Waals surface area contributed by atoms with E-state index in [4.69, 9.17) is 11.6 Å². The maximum atomic E-state index is 5.78. The predicted molar refractivity (Wildman–Crippen MR) is 76.1 cm³/mol. The van der Waals surface area contributed by atoms with Crippen molar-refractivity contribution in [2.24, 2.45) is 0 Å². The van der Waals surface area contributed by atoms with E-state index in [1.54, 1.807) is 0 Å². The lowest BCUT2D eigenvalue weighted by Gasteiger charge is -2.34. The Morgan fingerprint density at radius 2 is 2.12 bits per heavy atom. The van der Waals surface area contributed by atoms with Gasteiger partial charge in [0.05, 0.1) is 6.04 Å². The van der Waals surface area contributed by atoms with Crippen molar-refractivity contribution in [1.82, 2.24) is 15.4 Å². The van der Waals surface area contributed by atoms with Crippen molar-refractivity contribution in [1.29, 1.82) is 0 Å². The molecule has 1 aromatic rings. The normalized spacial score (nSPS) is 20.2. The van der Waals surface area contributed by atoms with Crippen LogP contribution in [0.5, 0.6) is 0 Å². The Balaban J connectivity index is 0.00000128. The summed E-state index contributed by atoms with van der Waals surface area (Å²) in [5.74, 6) is 0. The summed E-state index contributed by atoms with van der Waals surface area (Å²) in [6.45, 7) is 1.10. The van der Waals surface area contributed by atoms with E-state index in [1.165, 1.54) is 24.8 Å². The van der Waals surface area contributed by atoms with Crippen LogP contribution in [-0.4, -0.2) is 23.6 Å². The third-order valence-corrected chi connectivity index (χ3v) is 3.15. The quantitative estimate of drug-likeness (QED) is 0.850. The Kier molecular flexibility index (Phi) is 8.09. The van der Waals surface area contributed by atoms with Gasteiger partial charge in [0, 0.05) is 12.7 Å². The topological polar surface area (TPSA) is 28.2 Å². The first kappa shape index (κ1) is 16.9. The molecule has 1 N–H and O–H groups in total. The van der Waals surface area contributed by atoms with Crippen LogP contribution in [-0.2, 0) is 0 Å². The van der Waals surface area contributed by atoms with Crippen molar-refractivity contribution in [3.05, 3.63) is 29.0 Å². The molecule has 6 heteroatoms. The molecule has 1 unspecified atom stereocenters. The lowest BCUT2D eigenvalue weighted by molar-refractivity contribution is 0.0982. The van der Waals surface area contributed by atoms with Crippen LogP contribution in [0, 0.1) is 0 Å². The highest BCUT2D eigenvalue weighted by molar-refractivity contribution is 6.29. The molecule has 0 aromatic carbocycles. The zero-order valence-electron chi connectivity index (χ0n) is 9.73. The zero-order valence-corrected chi connectivity index (χ0v) is 12.1. The van der Waals surface area contributed by atoms with E-state index in [9.17, 15) is 0 Å². The summed E-state index contributed by atoms with van der Waals surface area (Å²) < 4.78 is 0. The summed E-state index contributed by atoms with van der Waals surface area (Å²) in [7, 11) is 1.97. The molecule has 1 saturated heterocycles. The molecule has 0 amide bonds. The minimum Gasteiger partial charge on any atom is -0.258 e. The average Bonchev–Trinajstić information content (AvgIpc) is 2.30. The molecule has 1 aliphatic heterocycles. The molecule has 1 atom stereocenters. The van der Waals surface area contributed by atoms with Crippen molar-refractivity contribution in [2.75, 3.05) is 13.6 Å². The maximum Gasteiger partial charge on any atom is 0.129 e. The number of nitrogens with one attached hydrogen (secondary N) is 1. The van der Waals surface area contributed by atoms with Gasteiger partial charge >= 0.3 is 0 Å². The van der Waals surface area contributed by atoms with Gasteiger partial charge in [0.1, 0.15) is 5.15 Å². The average molecular weight is 299 g/mol. The van der Waals surface area contributed by atoms with E-state index < -0.39 is 0 Å². The second kappa shape index (κ2) is 8.11. The van der Waals surface area contributed by atoms with Gasteiger partial charge in [-0.05, 0) is 31.5 Å². The van der Waals surface area contributed by atoms with Gasteiger partial charge in [0.2, 0.25) is 0 Å². The first-order valence-corrected chi connectivity index (χ1v) is 5.74. The Bertz CT molecular complexity index is 318. The Labute approximate surface area is 120 Å². The van der Waals surface area contributed by atoms with Gasteiger partial charge in [-0.3, -0.25) is 5.43 Å². The largest absolute Gasteiger partial charge is 0.258 e. The number of hydrogen-bond acceptors (Lipinski definition) is 3. The van der Waals surface area contributed by atoms with E-state index in [0.717, 1.165) is 6.54 Å². The number of pyridine rings is 1. The number of rotatable bonds is 2. The second-order valence-electron chi connectivity index (χ2n) is 3.84. The number of aromatic nitrogens is 1. The lowest BCUT2D eigenvalue weighted by atomic mass is 9.98. The summed E-state index contributed by atoms with van der Waals surface area (Å²) in [5.41, 5.74) is 4.48. The van der Waals surface area contributed by atoms with Crippen molar-refractivity contribution in [2.45, 2.75) is 25.3 Å². The SMILES string of the molecule is CNN1CCCCC1c1ccc(Cl)nc1.Cl.Cl. The van der Waals surface area contributed by atoms with Crippen LogP contribution in [0.15, 0.2) is 18.3 Å². The molecule has 0 saturated carbocycles. The molecule has 0 bridgehead atoms. The van der Waals surface area contributed by atoms with Crippen LogP contribution in [0.1, 0.15) is 30.9 Å². The smallest absolute Gasteiger partial charge is 0.129 e. The fourth-order valence-corrected chi connectivity index (χ4v) is 2.24. The van der Waals surface area contributed by atoms with Crippen LogP contribution in [0.3, 0.4) is 0 Å². The molecule has 98 valence electrons. The summed E-state index contributed by atoms with van der Waals surface area (Å²) in [6, 6.07) is 4.36. The van der Waals surface area contributed by atoms with Crippen molar-refractivity contribution in [3.63, 3.8) is 0 Å². The van der Waals surface area contributed by atoms with E-state index >= 15 is 0 Å². The van der Waals surface area contributed by atoms with Gasteiger partial charge in [-0.2, -0.15) is 0 Å². The molecule has 0 spiro atoms. The molecule has 3 nitrogen and oxygen atoms in total. The summed E-state index contributed by atoms with van der Waals surface area (Å²) in [4.78, 5) is 4.13. The number of piperidine rings is 1. The lowest BCUT2D eigenvalue weighted by Crippen LogP contribution is -2.41. The van der Waals surface area contributed by atoms with Crippen LogP contribution in [0.4, 0.5) is 0 Å². The highest BCUT2D eigenvalue weighted by atomic mass is 35.5. The Hall–Kier alpha value is -0.0600. The fourth-order valence-electron chi connectivity index (χ4n) is 2.13.